The van der Waals surface area contributed by atoms with E-state index in [2.05, 4.69) is 47.5 Å². The van der Waals surface area contributed by atoms with E-state index < -0.39 is 6.98 Å². The van der Waals surface area contributed by atoms with Crippen LogP contribution in [0.2, 0.25) is 0 Å². The standard InChI is InChI=1S/C28H33N7O2/c1-7-27(36)30-21-16-22(25(37-6)17-24(21)34(5)15-14-33(3)4)31-28-29-13-12-26(32-28)35-18-19(2)20-10-8-9-11-23(20)35/h7-13,16-19H,1,14-15H2,2-6H3,(H-,29,30,31,32,36)/p+1/i3D3. The third-order valence-corrected chi connectivity index (χ3v) is 6.14. The van der Waals surface area contributed by atoms with Crippen molar-refractivity contribution in [2.24, 2.45) is 0 Å². The highest BCUT2D eigenvalue weighted by Gasteiger charge is 2.27. The zero-order valence-electron chi connectivity index (χ0n) is 24.5. The van der Waals surface area contributed by atoms with Crippen molar-refractivity contribution in [3.8, 4) is 5.75 Å². The molecule has 1 amide bonds. The quantitative estimate of drug-likeness (QED) is 0.314. The summed E-state index contributed by atoms with van der Waals surface area (Å²) in [6, 6.07) is 13.6. The third-order valence-electron chi connectivity index (χ3n) is 6.14. The molecule has 1 unspecified atom stereocenters. The minimum atomic E-state index is -2.20. The minimum Gasteiger partial charge on any atom is -0.494 e. The molecule has 0 bridgehead atoms. The summed E-state index contributed by atoms with van der Waals surface area (Å²) in [6.07, 6.45) is 4.98. The number of nitrogens with one attached hydrogen (secondary N) is 2. The topological polar surface area (TPSA) is 85.6 Å². The summed E-state index contributed by atoms with van der Waals surface area (Å²) in [5, 5.41) is 6.06. The molecule has 1 aliphatic heterocycles. The molecule has 1 atom stereocenters. The van der Waals surface area contributed by atoms with Crippen LogP contribution < -0.4 is 24.8 Å². The Balaban J connectivity index is 1.65. The molecule has 192 valence electrons. The van der Waals surface area contributed by atoms with Crippen LogP contribution in [0.5, 0.6) is 5.75 Å². The van der Waals surface area contributed by atoms with E-state index in [1.54, 1.807) is 32.5 Å². The number of aromatic nitrogens is 2. The lowest BCUT2D eigenvalue weighted by atomic mass is 10.0. The average Bonchev–Trinajstić information content (AvgIpc) is 3.27. The van der Waals surface area contributed by atoms with Gasteiger partial charge in [0.15, 0.2) is 0 Å². The number of rotatable bonds is 10. The average molecular weight is 504 g/mol. The maximum absolute atomic E-state index is 12.3. The molecule has 0 radical (unpaired) electrons. The normalized spacial score (nSPS) is 15.6. The van der Waals surface area contributed by atoms with E-state index in [1.807, 2.05) is 34.7 Å². The highest BCUT2D eigenvalue weighted by Crippen LogP contribution is 2.38. The number of carbonyl (C=O) groups is 1. The molecular weight excluding hydrogens is 466 g/mol. The van der Waals surface area contributed by atoms with Crippen LogP contribution in [0.25, 0.3) is 0 Å². The van der Waals surface area contributed by atoms with Crippen molar-refractivity contribution in [3.05, 3.63) is 66.9 Å². The summed E-state index contributed by atoms with van der Waals surface area (Å²) in [5.74, 6) is 1.41. The Bertz CT molecular complexity index is 1440. The monoisotopic (exact) mass is 503 g/mol. The van der Waals surface area contributed by atoms with Gasteiger partial charge in [-0.2, -0.15) is 9.56 Å². The molecule has 2 aromatic carbocycles. The number of likely N-dealkylation sites (N-methyl/N-ethyl adjacent to an activating group) is 2. The van der Waals surface area contributed by atoms with Crippen LogP contribution in [0.15, 0.2) is 61.3 Å². The summed E-state index contributed by atoms with van der Waals surface area (Å²) in [5.41, 5.74) is 3.96. The summed E-state index contributed by atoms with van der Waals surface area (Å²) >= 11 is 0. The number of carbonyl (C=O) groups excluding carboxylic acids is 1. The second-order valence-electron chi connectivity index (χ2n) is 8.84. The number of ether oxygens (including phenoxy) is 1. The maximum atomic E-state index is 12.3. The van der Waals surface area contributed by atoms with Crippen LogP contribution in [-0.4, -0.2) is 68.3 Å². The number of hydrogen-bond acceptors (Lipinski definition) is 7. The van der Waals surface area contributed by atoms with E-state index in [0.717, 1.165) is 5.69 Å². The molecule has 1 aliphatic rings. The smallest absolute Gasteiger partial charge is 0.343 e. The fraction of sp³-hybridized carbons (Fsp3) is 0.286. The third kappa shape index (κ3) is 5.78. The lowest BCUT2D eigenvalue weighted by molar-refractivity contribution is -0.111. The molecule has 0 saturated carbocycles. The van der Waals surface area contributed by atoms with Gasteiger partial charge in [0.05, 0.1) is 36.5 Å². The predicted molar refractivity (Wildman–Crippen MR) is 151 cm³/mol. The van der Waals surface area contributed by atoms with Crippen molar-refractivity contribution in [2.45, 2.75) is 12.8 Å². The second kappa shape index (κ2) is 11.2. The first-order valence-corrected chi connectivity index (χ1v) is 11.9. The molecule has 3 aromatic rings. The number of para-hydroxylation sites is 1. The van der Waals surface area contributed by atoms with Gasteiger partial charge in [0.1, 0.15) is 11.4 Å². The summed E-state index contributed by atoms with van der Waals surface area (Å²) < 4.78 is 30.5. The first-order chi connectivity index (χ1) is 19.0. The van der Waals surface area contributed by atoms with Gasteiger partial charge in [-0.25, -0.2) is 0 Å². The number of fused-ring (bicyclic) bond motifs is 1. The Morgan fingerprint density at radius 1 is 1.24 bits per heavy atom. The van der Waals surface area contributed by atoms with E-state index >= 15 is 0 Å². The molecule has 1 aromatic heterocycles. The zero-order chi connectivity index (χ0) is 29.0. The van der Waals surface area contributed by atoms with Crippen LogP contribution >= 0.6 is 0 Å². The molecule has 4 rings (SSSR count). The van der Waals surface area contributed by atoms with Gasteiger partial charge in [0.2, 0.25) is 5.91 Å². The fourth-order valence-electron chi connectivity index (χ4n) is 4.20. The molecule has 37 heavy (non-hydrogen) atoms. The highest BCUT2D eigenvalue weighted by atomic mass is 16.5. The second-order valence-corrected chi connectivity index (χ2v) is 8.84. The Morgan fingerprint density at radius 2 is 2.05 bits per heavy atom. The van der Waals surface area contributed by atoms with Gasteiger partial charge in [0, 0.05) is 48.0 Å². The van der Waals surface area contributed by atoms with E-state index in [0.29, 0.717) is 41.1 Å². The lowest BCUT2D eigenvalue weighted by Gasteiger charge is -2.25. The summed E-state index contributed by atoms with van der Waals surface area (Å²) in [4.78, 5) is 24.6. The lowest BCUT2D eigenvalue weighted by Crippen LogP contribution is -2.29. The van der Waals surface area contributed by atoms with Crippen LogP contribution in [0.1, 0.15) is 22.5 Å². The molecule has 0 fully saturated rings. The van der Waals surface area contributed by atoms with E-state index in [9.17, 15) is 4.79 Å². The van der Waals surface area contributed by atoms with Gasteiger partial charge in [-0.3, -0.25) is 10.1 Å². The molecule has 0 saturated heterocycles. The SMILES string of the molecule is [2H]C([2H])([2H])N(C)CCN(C)c1cc(OC)c(Nc2nccc([N+]3=CC(C)c4ccccc43)n2)cc1NC(=O)C=C. The molecule has 2 N–H and O–H groups in total. The minimum absolute atomic E-state index is 0.253. The van der Waals surface area contributed by atoms with Crippen LogP contribution in [0.4, 0.5) is 34.5 Å². The molecule has 0 aliphatic carbocycles. The van der Waals surface area contributed by atoms with Crippen molar-refractivity contribution in [3.63, 3.8) is 0 Å². The summed E-state index contributed by atoms with van der Waals surface area (Å²) in [7, 11) is 4.91. The van der Waals surface area contributed by atoms with Crippen molar-refractivity contribution in [2.75, 3.05) is 56.8 Å². The highest BCUT2D eigenvalue weighted by molar-refractivity contribution is 6.02. The number of nitrogens with zero attached hydrogens (tertiary/aromatic N) is 5. The van der Waals surface area contributed by atoms with Gasteiger partial charge >= 0.3 is 11.8 Å². The fourth-order valence-corrected chi connectivity index (χ4v) is 4.20. The molecule has 9 nitrogen and oxygen atoms in total. The maximum Gasteiger partial charge on any atom is 0.343 e. The van der Waals surface area contributed by atoms with Crippen LogP contribution in [-0.2, 0) is 4.79 Å². The first-order valence-electron chi connectivity index (χ1n) is 13.4. The van der Waals surface area contributed by atoms with Gasteiger partial charge in [-0.1, -0.05) is 31.7 Å². The van der Waals surface area contributed by atoms with Crippen molar-refractivity contribution >= 4 is 46.6 Å². The van der Waals surface area contributed by atoms with Crippen LogP contribution in [0, 0.1) is 0 Å². The van der Waals surface area contributed by atoms with Gasteiger partial charge in [-0.15, -0.1) is 0 Å². The Morgan fingerprint density at radius 3 is 2.81 bits per heavy atom. The Labute approximate surface area is 222 Å². The molecular formula is C28H34N7O2+. The zero-order valence-corrected chi connectivity index (χ0v) is 21.5. The number of methoxy groups -OCH3 is 1. The summed E-state index contributed by atoms with van der Waals surface area (Å²) in [6.45, 7) is 4.15. The van der Waals surface area contributed by atoms with Crippen molar-refractivity contribution in [1.29, 1.82) is 0 Å². The van der Waals surface area contributed by atoms with Gasteiger partial charge < -0.3 is 19.9 Å². The number of anilines is 4. The van der Waals surface area contributed by atoms with E-state index in [1.165, 1.54) is 16.5 Å². The van der Waals surface area contributed by atoms with E-state index in [-0.39, 0.29) is 18.4 Å². The molecule has 9 heteroatoms. The predicted octanol–water partition coefficient (Wildman–Crippen LogP) is 4.37. The van der Waals surface area contributed by atoms with E-state index in [4.69, 9.17) is 13.8 Å². The number of amides is 1. The Kier molecular flexibility index (Phi) is 6.67. The van der Waals surface area contributed by atoms with Crippen molar-refractivity contribution in [1.82, 2.24) is 19.4 Å². The van der Waals surface area contributed by atoms with Crippen LogP contribution in [0.3, 0.4) is 0 Å². The number of hydrogen-bond donors (Lipinski definition) is 2. The molecule has 0 spiro atoms. The van der Waals surface area contributed by atoms with Gasteiger partial charge in [0.25, 0.3) is 0 Å². The van der Waals surface area contributed by atoms with Gasteiger partial charge in [-0.05, 0) is 37.2 Å². The Hall–Kier alpha value is -4.24. The largest absolute Gasteiger partial charge is 0.494 e. The molecule has 2 heterocycles. The number of benzene rings is 2. The first kappa shape index (κ1) is 22.0. The van der Waals surface area contributed by atoms with Crippen molar-refractivity contribution < 1.29 is 13.6 Å².